The molecule has 0 bridgehead atoms. The SMILES string of the molecule is O=C(Cn1c(=O)sc2ccc(C(F)(F)F)cc21)N1CCN(c2ccccc2)CC1. The van der Waals surface area contributed by atoms with E-state index in [4.69, 9.17) is 0 Å². The fraction of sp³-hybridized carbons (Fsp3) is 0.300. The first-order valence-corrected chi connectivity index (χ1v) is 9.93. The Kier molecular flexibility index (Phi) is 5.08. The standard InChI is InChI=1S/C20H18F3N3O2S/c21-20(22,23)14-6-7-17-16(12-14)26(19(28)29-17)13-18(27)25-10-8-24(9-11-25)15-4-2-1-3-5-15/h1-7,12H,8-11,13H2. The van der Waals surface area contributed by atoms with Gasteiger partial charge in [0.15, 0.2) is 0 Å². The van der Waals surface area contributed by atoms with Crippen LogP contribution in [0.25, 0.3) is 10.2 Å². The number of halogens is 3. The zero-order valence-electron chi connectivity index (χ0n) is 15.4. The molecular formula is C20H18F3N3O2S. The Labute approximate surface area is 168 Å². The molecule has 29 heavy (non-hydrogen) atoms. The number of thiazole rings is 1. The second-order valence-electron chi connectivity index (χ2n) is 6.84. The molecule has 1 aliphatic heterocycles. The number of amides is 1. The minimum atomic E-state index is -4.51. The summed E-state index contributed by atoms with van der Waals surface area (Å²) in [5.74, 6) is -0.267. The van der Waals surface area contributed by atoms with E-state index in [0.717, 1.165) is 33.7 Å². The van der Waals surface area contributed by atoms with E-state index in [-0.39, 0.29) is 18.0 Å². The quantitative estimate of drug-likeness (QED) is 0.651. The minimum absolute atomic E-state index is 0.145. The number of hydrogen-bond acceptors (Lipinski definition) is 4. The number of nitrogens with zero attached hydrogens (tertiary/aromatic N) is 3. The molecule has 4 rings (SSSR count). The Morgan fingerprint density at radius 3 is 2.34 bits per heavy atom. The molecule has 0 saturated carbocycles. The van der Waals surface area contributed by atoms with E-state index in [1.165, 1.54) is 6.07 Å². The van der Waals surface area contributed by atoms with Gasteiger partial charge in [0, 0.05) is 31.9 Å². The maximum Gasteiger partial charge on any atom is 0.416 e. The summed E-state index contributed by atoms with van der Waals surface area (Å²) in [7, 11) is 0. The van der Waals surface area contributed by atoms with Crippen molar-refractivity contribution in [1.29, 1.82) is 0 Å². The summed E-state index contributed by atoms with van der Waals surface area (Å²) in [4.78, 5) is 28.4. The third kappa shape index (κ3) is 4.00. The summed E-state index contributed by atoms with van der Waals surface area (Å²) in [6.45, 7) is 2.06. The van der Waals surface area contributed by atoms with Gasteiger partial charge in [-0.1, -0.05) is 29.5 Å². The number of piperazine rings is 1. The molecule has 0 N–H and O–H groups in total. The maximum absolute atomic E-state index is 13.0. The summed E-state index contributed by atoms with van der Waals surface area (Å²) >= 11 is 0.845. The van der Waals surface area contributed by atoms with Crippen LogP contribution < -0.4 is 9.77 Å². The minimum Gasteiger partial charge on any atom is -0.368 e. The third-order valence-corrected chi connectivity index (χ3v) is 6.00. The van der Waals surface area contributed by atoms with Gasteiger partial charge in [-0.05, 0) is 30.3 Å². The van der Waals surface area contributed by atoms with Gasteiger partial charge in [0.05, 0.1) is 15.8 Å². The van der Waals surface area contributed by atoms with Crippen molar-refractivity contribution in [2.24, 2.45) is 0 Å². The van der Waals surface area contributed by atoms with Crippen molar-refractivity contribution in [3.63, 3.8) is 0 Å². The van der Waals surface area contributed by atoms with Crippen LogP contribution in [0.3, 0.4) is 0 Å². The molecule has 0 aliphatic carbocycles. The van der Waals surface area contributed by atoms with Gasteiger partial charge in [-0.2, -0.15) is 13.2 Å². The highest BCUT2D eigenvalue weighted by Gasteiger charge is 2.31. The van der Waals surface area contributed by atoms with Crippen LogP contribution in [0.5, 0.6) is 0 Å². The van der Waals surface area contributed by atoms with Crippen molar-refractivity contribution in [1.82, 2.24) is 9.47 Å². The topological polar surface area (TPSA) is 45.6 Å². The number of para-hydroxylation sites is 1. The summed E-state index contributed by atoms with van der Waals surface area (Å²) in [5.41, 5.74) is 0.394. The van der Waals surface area contributed by atoms with E-state index in [1.807, 2.05) is 30.3 Å². The zero-order chi connectivity index (χ0) is 20.6. The molecule has 0 unspecified atom stereocenters. The lowest BCUT2D eigenvalue weighted by Crippen LogP contribution is -2.50. The van der Waals surface area contributed by atoms with Crippen LogP contribution >= 0.6 is 11.3 Å². The number of carbonyl (C=O) groups is 1. The van der Waals surface area contributed by atoms with Crippen LogP contribution in [0.4, 0.5) is 18.9 Å². The number of alkyl halides is 3. The molecule has 0 radical (unpaired) electrons. The van der Waals surface area contributed by atoms with E-state index in [1.54, 1.807) is 4.90 Å². The van der Waals surface area contributed by atoms with Crippen molar-refractivity contribution < 1.29 is 18.0 Å². The molecule has 2 heterocycles. The summed E-state index contributed by atoms with van der Waals surface area (Å²) in [5, 5.41) is 0. The zero-order valence-corrected chi connectivity index (χ0v) is 16.2. The molecule has 1 fully saturated rings. The van der Waals surface area contributed by atoms with Gasteiger partial charge in [0.2, 0.25) is 5.91 Å². The van der Waals surface area contributed by atoms with E-state index in [0.29, 0.717) is 30.9 Å². The molecule has 1 saturated heterocycles. The third-order valence-electron chi connectivity index (χ3n) is 5.04. The summed E-state index contributed by atoms with van der Waals surface area (Å²) in [6.07, 6.45) is -4.51. The van der Waals surface area contributed by atoms with Crippen LogP contribution in [0.1, 0.15) is 5.56 Å². The highest BCUT2D eigenvalue weighted by Crippen LogP contribution is 2.32. The van der Waals surface area contributed by atoms with Gasteiger partial charge in [-0.15, -0.1) is 0 Å². The van der Waals surface area contributed by atoms with Crippen LogP contribution in [-0.2, 0) is 17.5 Å². The maximum atomic E-state index is 13.0. The highest BCUT2D eigenvalue weighted by molar-refractivity contribution is 7.16. The average Bonchev–Trinajstić information content (AvgIpc) is 3.02. The van der Waals surface area contributed by atoms with Crippen molar-refractivity contribution in [2.75, 3.05) is 31.1 Å². The van der Waals surface area contributed by atoms with Crippen LogP contribution in [0, 0.1) is 0 Å². The van der Waals surface area contributed by atoms with Crippen molar-refractivity contribution in [3.05, 3.63) is 63.8 Å². The second kappa shape index (κ2) is 7.55. The Morgan fingerprint density at radius 2 is 1.69 bits per heavy atom. The average molecular weight is 421 g/mol. The molecule has 0 atom stereocenters. The van der Waals surface area contributed by atoms with E-state index in [9.17, 15) is 22.8 Å². The van der Waals surface area contributed by atoms with Gasteiger partial charge < -0.3 is 9.80 Å². The fourth-order valence-corrected chi connectivity index (χ4v) is 4.35. The lowest BCUT2D eigenvalue weighted by molar-refractivity contribution is -0.137. The largest absolute Gasteiger partial charge is 0.416 e. The fourth-order valence-electron chi connectivity index (χ4n) is 3.48. The van der Waals surface area contributed by atoms with E-state index in [2.05, 4.69) is 4.90 Å². The van der Waals surface area contributed by atoms with Crippen LogP contribution in [0.15, 0.2) is 53.3 Å². The van der Waals surface area contributed by atoms with Gasteiger partial charge in [-0.3, -0.25) is 14.2 Å². The van der Waals surface area contributed by atoms with Gasteiger partial charge in [0.25, 0.3) is 0 Å². The molecular weight excluding hydrogens is 403 g/mol. The highest BCUT2D eigenvalue weighted by atomic mass is 32.1. The number of anilines is 1. The number of rotatable bonds is 3. The molecule has 0 spiro atoms. The monoisotopic (exact) mass is 421 g/mol. The predicted molar refractivity (Wildman–Crippen MR) is 106 cm³/mol. The number of aromatic nitrogens is 1. The second-order valence-corrected chi connectivity index (χ2v) is 7.83. The van der Waals surface area contributed by atoms with E-state index >= 15 is 0 Å². The normalized spacial score (nSPS) is 15.1. The van der Waals surface area contributed by atoms with E-state index < -0.39 is 16.6 Å². The summed E-state index contributed by atoms with van der Waals surface area (Å²) in [6, 6.07) is 13.0. The van der Waals surface area contributed by atoms with Gasteiger partial charge in [0.1, 0.15) is 6.54 Å². The molecule has 9 heteroatoms. The van der Waals surface area contributed by atoms with Gasteiger partial charge in [-0.25, -0.2) is 0 Å². The Balaban J connectivity index is 1.49. The molecule has 152 valence electrons. The van der Waals surface area contributed by atoms with Crippen molar-refractivity contribution in [3.8, 4) is 0 Å². The molecule has 1 amide bonds. The van der Waals surface area contributed by atoms with Crippen LogP contribution in [0.2, 0.25) is 0 Å². The Hall–Kier alpha value is -2.81. The Morgan fingerprint density at radius 1 is 1.00 bits per heavy atom. The number of hydrogen-bond donors (Lipinski definition) is 0. The van der Waals surface area contributed by atoms with Crippen molar-refractivity contribution in [2.45, 2.75) is 12.7 Å². The first-order valence-electron chi connectivity index (χ1n) is 9.11. The predicted octanol–water partition coefficient (Wildman–Crippen LogP) is 3.43. The molecule has 5 nitrogen and oxygen atoms in total. The van der Waals surface area contributed by atoms with Gasteiger partial charge >= 0.3 is 11.0 Å². The number of benzene rings is 2. The lowest BCUT2D eigenvalue weighted by atomic mass is 10.2. The molecule has 1 aromatic heterocycles. The Bertz CT molecular complexity index is 1080. The molecule has 2 aromatic carbocycles. The lowest BCUT2D eigenvalue weighted by Gasteiger charge is -2.36. The van der Waals surface area contributed by atoms with Crippen LogP contribution in [-0.4, -0.2) is 41.6 Å². The first kappa shape index (κ1) is 19.5. The summed E-state index contributed by atoms with van der Waals surface area (Å²) < 4.78 is 40.6. The number of fused-ring (bicyclic) bond motifs is 1. The number of carbonyl (C=O) groups excluding carboxylic acids is 1. The molecule has 1 aliphatic rings. The molecule has 3 aromatic rings. The first-order chi connectivity index (χ1) is 13.8. The smallest absolute Gasteiger partial charge is 0.368 e. The van der Waals surface area contributed by atoms with Crippen molar-refractivity contribution >= 4 is 33.1 Å².